The second-order valence-corrected chi connectivity index (χ2v) is 5.15. The third kappa shape index (κ3) is 3.91. The molecule has 1 aromatic rings. The Hall–Kier alpha value is -2.15. The van der Waals surface area contributed by atoms with E-state index in [2.05, 4.69) is 10.6 Å². The van der Waals surface area contributed by atoms with Crippen LogP contribution in [0.1, 0.15) is 36.0 Å². The molecule has 0 heterocycles. The normalized spacial score (nSPS) is 21.6. The predicted molar refractivity (Wildman–Crippen MR) is 75.7 cm³/mol. The van der Waals surface area contributed by atoms with Gasteiger partial charge in [0.05, 0.1) is 11.3 Å². The van der Waals surface area contributed by atoms with Crippen LogP contribution in [0.5, 0.6) is 0 Å². The summed E-state index contributed by atoms with van der Waals surface area (Å²) in [5.41, 5.74) is 5.68. The van der Waals surface area contributed by atoms with Crippen LogP contribution in [0, 0.1) is 5.82 Å². The largest absolute Gasteiger partial charge is 0.478 e. The topological polar surface area (TPSA) is 104 Å². The molecular weight excluding hydrogens is 277 g/mol. The molecule has 1 aliphatic carbocycles. The maximum absolute atomic E-state index is 13.7. The first-order valence-electron chi connectivity index (χ1n) is 6.83. The maximum atomic E-state index is 13.7. The molecule has 0 spiro atoms. The molecule has 2 unspecified atom stereocenters. The van der Waals surface area contributed by atoms with Crippen molar-refractivity contribution in [3.05, 3.63) is 29.6 Å². The van der Waals surface area contributed by atoms with E-state index in [1.165, 1.54) is 12.1 Å². The molecule has 1 aliphatic rings. The number of urea groups is 1. The molecule has 0 aliphatic heterocycles. The average molecular weight is 295 g/mol. The van der Waals surface area contributed by atoms with Gasteiger partial charge in [-0.1, -0.05) is 12.8 Å². The molecule has 1 saturated carbocycles. The molecule has 2 atom stereocenters. The molecule has 2 amide bonds. The van der Waals surface area contributed by atoms with E-state index in [1.807, 2.05) is 0 Å². The molecule has 0 radical (unpaired) electrons. The van der Waals surface area contributed by atoms with Gasteiger partial charge >= 0.3 is 12.0 Å². The van der Waals surface area contributed by atoms with Crippen LogP contribution in [0.3, 0.4) is 0 Å². The van der Waals surface area contributed by atoms with Gasteiger partial charge in [-0.3, -0.25) is 0 Å². The van der Waals surface area contributed by atoms with E-state index in [0.29, 0.717) is 0 Å². The van der Waals surface area contributed by atoms with Crippen molar-refractivity contribution in [3.8, 4) is 0 Å². The summed E-state index contributed by atoms with van der Waals surface area (Å²) in [5.74, 6) is -2.02. The molecule has 21 heavy (non-hydrogen) atoms. The van der Waals surface area contributed by atoms with Gasteiger partial charge in [-0.15, -0.1) is 0 Å². The van der Waals surface area contributed by atoms with E-state index in [4.69, 9.17) is 10.8 Å². The van der Waals surface area contributed by atoms with Crippen LogP contribution < -0.4 is 16.4 Å². The Labute approximate surface area is 121 Å². The highest BCUT2D eigenvalue weighted by Gasteiger charge is 2.23. The van der Waals surface area contributed by atoms with Crippen molar-refractivity contribution in [3.63, 3.8) is 0 Å². The van der Waals surface area contributed by atoms with Gasteiger partial charge in [0.2, 0.25) is 0 Å². The Morgan fingerprint density at radius 2 is 2.00 bits per heavy atom. The smallest absolute Gasteiger partial charge is 0.335 e. The van der Waals surface area contributed by atoms with Gasteiger partial charge in [-0.25, -0.2) is 14.0 Å². The first kappa shape index (κ1) is 15.2. The molecule has 0 aromatic heterocycles. The van der Waals surface area contributed by atoms with Gasteiger partial charge in [0.15, 0.2) is 0 Å². The maximum Gasteiger partial charge on any atom is 0.335 e. The van der Waals surface area contributed by atoms with Crippen LogP contribution in [0.4, 0.5) is 14.9 Å². The van der Waals surface area contributed by atoms with Crippen molar-refractivity contribution in [2.75, 3.05) is 5.32 Å². The lowest BCUT2D eigenvalue weighted by Crippen LogP contribution is -2.50. The highest BCUT2D eigenvalue weighted by Crippen LogP contribution is 2.18. The number of aromatic carboxylic acids is 1. The Balaban J connectivity index is 1.97. The lowest BCUT2D eigenvalue weighted by molar-refractivity contribution is 0.0696. The van der Waals surface area contributed by atoms with Crippen molar-refractivity contribution in [2.24, 2.45) is 5.73 Å². The number of carboxylic acid groups (broad SMARTS) is 1. The SMILES string of the molecule is NC1CCCCC1NC(=O)Nc1ccc(C(=O)O)cc1F. The number of carbonyl (C=O) groups excluding carboxylic acids is 1. The number of carboxylic acids is 1. The number of anilines is 1. The second kappa shape index (κ2) is 6.53. The lowest BCUT2D eigenvalue weighted by atomic mass is 9.91. The van der Waals surface area contributed by atoms with Crippen LogP contribution in [-0.2, 0) is 0 Å². The van der Waals surface area contributed by atoms with Gasteiger partial charge in [-0.05, 0) is 31.0 Å². The molecule has 1 fully saturated rings. The van der Waals surface area contributed by atoms with Crippen LogP contribution in [-0.4, -0.2) is 29.2 Å². The molecule has 5 N–H and O–H groups in total. The number of amides is 2. The Morgan fingerprint density at radius 3 is 2.62 bits per heavy atom. The number of halogens is 1. The molecule has 6 nitrogen and oxygen atoms in total. The minimum absolute atomic E-state index is 0.0677. The Kier molecular flexibility index (Phi) is 4.74. The van der Waals surface area contributed by atoms with Gasteiger partial charge in [0.1, 0.15) is 5.82 Å². The fourth-order valence-corrected chi connectivity index (χ4v) is 2.42. The van der Waals surface area contributed by atoms with Crippen molar-refractivity contribution >= 4 is 17.7 Å². The monoisotopic (exact) mass is 295 g/mol. The first-order valence-corrected chi connectivity index (χ1v) is 6.83. The van der Waals surface area contributed by atoms with Gasteiger partial charge < -0.3 is 21.5 Å². The van der Waals surface area contributed by atoms with E-state index < -0.39 is 17.8 Å². The summed E-state index contributed by atoms with van der Waals surface area (Å²) < 4.78 is 13.7. The number of hydrogen-bond donors (Lipinski definition) is 4. The van der Waals surface area contributed by atoms with E-state index in [-0.39, 0.29) is 23.3 Å². The first-order chi connectivity index (χ1) is 9.97. The van der Waals surface area contributed by atoms with Crippen LogP contribution >= 0.6 is 0 Å². The summed E-state index contributed by atoms with van der Waals surface area (Å²) in [7, 11) is 0. The van der Waals surface area contributed by atoms with Gasteiger partial charge in [0, 0.05) is 12.1 Å². The zero-order chi connectivity index (χ0) is 15.4. The average Bonchev–Trinajstić information content (AvgIpc) is 2.43. The van der Waals surface area contributed by atoms with Crippen molar-refractivity contribution in [2.45, 2.75) is 37.8 Å². The Bertz CT molecular complexity index is 550. The minimum Gasteiger partial charge on any atom is -0.478 e. The standard InChI is InChI=1S/C14H18FN3O3/c15-9-7-8(13(19)20)5-6-11(9)17-14(21)18-12-4-2-1-3-10(12)16/h5-7,10,12H,1-4,16H2,(H,19,20)(H2,17,18,21). The summed E-state index contributed by atoms with van der Waals surface area (Å²) in [6, 6.07) is 2.56. The summed E-state index contributed by atoms with van der Waals surface area (Å²) in [5, 5.41) is 13.8. The molecule has 1 aromatic carbocycles. The fourth-order valence-electron chi connectivity index (χ4n) is 2.42. The van der Waals surface area contributed by atoms with E-state index in [1.54, 1.807) is 0 Å². The van der Waals surface area contributed by atoms with Crippen LogP contribution in [0.2, 0.25) is 0 Å². The molecule has 0 saturated heterocycles. The number of rotatable bonds is 3. The third-order valence-electron chi connectivity index (χ3n) is 3.60. The number of hydrogen-bond acceptors (Lipinski definition) is 3. The summed E-state index contributed by atoms with van der Waals surface area (Å²) in [4.78, 5) is 22.5. The number of benzene rings is 1. The Morgan fingerprint density at radius 1 is 1.29 bits per heavy atom. The lowest BCUT2D eigenvalue weighted by Gasteiger charge is -2.29. The molecule has 2 rings (SSSR count). The molecular formula is C14H18FN3O3. The van der Waals surface area contributed by atoms with Crippen molar-refractivity contribution < 1.29 is 19.1 Å². The van der Waals surface area contributed by atoms with E-state index >= 15 is 0 Å². The third-order valence-corrected chi connectivity index (χ3v) is 3.60. The zero-order valence-electron chi connectivity index (χ0n) is 11.4. The van der Waals surface area contributed by atoms with Crippen LogP contribution in [0.25, 0.3) is 0 Å². The van der Waals surface area contributed by atoms with E-state index in [0.717, 1.165) is 31.7 Å². The van der Waals surface area contributed by atoms with Gasteiger partial charge in [-0.2, -0.15) is 0 Å². The van der Waals surface area contributed by atoms with Gasteiger partial charge in [0.25, 0.3) is 0 Å². The quantitative estimate of drug-likeness (QED) is 0.683. The molecule has 114 valence electrons. The van der Waals surface area contributed by atoms with E-state index in [9.17, 15) is 14.0 Å². The van der Waals surface area contributed by atoms with Crippen LogP contribution in [0.15, 0.2) is 18.2 Å². The zero-order valence-corrected chi connectivity index (χ0v) is 11.4. The molecule has 0 bridgehead atoms. The fraction of sp³-hybridized carbons (Fsp3) is 0.429. The van der Waals surface area contributed by atoms with Crippen molar-refractivity contribution in [1.82, 2.24) is 5.32 Å². The second-order valence-electron chi connectivity index (χ2n) is 5.15. The number of carbonyl (C=O) groups is 2. The summed E-state index contributed by atoms with van der Waals surface area (Å²) in [6.45, 7) is 0. The molecule has 7 heteroatoms. The highest BCUT2D eigenvalue weighted by molar-refractivity contribution is 5.91. The summed E-state index contributed by atoms with van der Waals surface area (Å²) in [6.07, 6.45) is 3.70. The highest BCUT2D eigenvalue weighted by atomic mass is 19.1. The predicted octanol–water partition coefficient (Wildman–Crippen LogP) is 1.92. The number of nitrogens with two attached hydrogens (primary N) is 1. The van der Waals surface area contributed by atoms with Crippen molar-refractivity contribution in [1.29, 1.82) is 0 Å². The minimum atomic E-state index is -1.22. The number of nitrogens with one attached hydrogen (secondary N) is 2. The summed E-state index contributed by atoms with van der Waals surface area (Å²) >= 11 is 0.